The van der Waals surface area contributed by atoms with Crippen LogP contribution in [0.5, 0.6) is 0 Å². The molecule has 1 unspecified atom stereocenters. The van der Waals surface area contributed by atoms with E-state index < -0.39 is 6.10 Å². The number of aromatic nitrogens is 1. The van der Waals surface area contributed by atoms with Gasteiger partial charge in [0.05, 0.1) is 6.10 Å². The highest BCUT2D eigenvalue weighted by Crippen LogP contribution is 2.26. The lowest BCUT2D eigenvalue weighted by Crippen LogP contribution is -2.08. The second kappa shape index (κ2) is 21.6. The van der Waals surface area contributed by atoms with Crippen molar-refractivity contribution in [2.75, 3.05) is 5.32 Å². The molecule has 0 aliphatic rings. The van der Waals surface area contributed by atoms with Crippen molar-refractivity contribution in [2.45, 2.75) is 107 Å². The predicted molar refractivity (Wildman–Crippen MR) is 160 cm³/mol. The number of nitrogens with one attached hydrogen (secondary N) is 1. The minimum absolute atomic E-state index is 0.138. The first-order valence-corrected chi connectivity index (χ1v) is 13.5. The number of pyridine rings is 1. The maximum atomic E-state index is 11.3. The number of amides is 1. The van der Waals surface area contributed by atoms with Gasteiger partial charge in [-0.25, -0.2) is 4.98 Å². The number of hydrogen-bond donors (Lipinski definition) is 2. The van der Waals surface area contributed by atoms with Crippen molar-refractivity contribution in [3.05, 3.63) is 76.6 Å². The standard InChI is InChI=1S/C27H38N2O2.C3H8.C2H6/c1-8-11-12-14-23(17-24-18-28-27(16-19(24)4)29-22(7)30)25(10-3)20(5)15-21(6)26(31)13-9-2;1-3-2;1-2/h10,12,14-18,26,31H,6,8-9,11,13H2,1-5,7H3,(H,28,29,30);3H2,1-2H3;1-2H3/b14-12+,20-15-,23-17+,25-10+;;. The molecule has 0 radical (unpaired) electrons. The van der Waals surface area contributed by atoms with Crippen molar-refractivity contribution in [1.82, 2.24) is 4.98 Å². The zero-order chi connectivity index (χ0) is 28.1. The molecule has 0 spiro atoms. The largest absolute Gasteiger partial charge is 0.388 e. The number of rotatable bonds is 11. The second-order valence-corrected chi connectivity index (χ2v) is 8.51. The van der Waals surface area contributed by atoms with E-state index in [2.05, 4.69) is 68.9 Å². The van der Waals surface area contributed by atoms with Crippen molar-refractivity contribution in [3.63, 3.8) is 0 Å². The Morgan fingerprint density at radius 2 is 1.78 bits per heavy atom. The highest BCUT2D eigenvalue weighted by Gasteiger charge is 2.10. The summed E-state index contributed by atoms with van der Waals surface area (Å²) < 4.78 is 0. The molecule has 0 saturated carbocycles. The molecule has 1 aromatic rings. The number of allylic oxidation sites excluding steroid dienone is 6. The number of carbonyl (C=O) groups excluding carboxylic acids is 1. The van der Waals surface area contributed by atoms with Crippen molar-refractivity contribution in [2.24, 2.45) is 0 Å². The van der Waals surface area contributed by atoms with Crippen molar-refractivity contribution in [1.29, 1.82) is 0 Å². The van der Waals surface area contributed by atoms with E-state index in [9.17, 15) is 9.90 Å². The molecule has 202 valence electrons. The van der Waals surface area contributed by atoms with E-state index in [1.807, 2.05) is 46.8 Å². The van der Waals surface area contributed by atoms with Crippen LogP contribution in [0.25, 0.3) is 6.08 Å². The quantitative estimate of drug-likeness (QED) is 0.300. The number of carbonyl (C=O) groups is 1. The third-order valence-corrected chi connectivity index (χ3v) is 4.94. The monoisotopic (exact) mass is 496 g/mol. The van der Waals surface area contributed by atoms with Crippen LogP contribution in [-0.2, 0) is 4.79 Å². The van der Waals surface area contributed by atoms with Gasteiger partial charge < -0.3 is 10.4 Å². The fourth-order valence-electron chi connectivity index (χ4n) is 3.26. The van der Waals surface area contributed by atoms with Gasteiger partial charge in [0.2, 0.25) is 5.91 Å². The molecule has 1 atom stereocenters. The molecule has 0 aliphatic carbocycles. The van der Waals surface area contributed by atoms with Crippen LogP contribution in [0, 0.1) is 6.92 Å². The van der Waals surface area contributed by atoms with Crippen molar-refractivity contribution < 1.29 is 9.90 Å². The van der Waals surface area contributed by atoms with Gasteiger partial charge in [-0.2, -0.15) is 0 Å². The zero-order valence-electron chi connectivity index (χ0n) is 24.7. The van der Waals surface area contributed by atoms with Crippen LogP contribution in [0.3, 0.4) is 0 Å². The van der Waals surface area contributed by atoms with Crippen molar-refractivity contribution in [3.8, 4) is 0 Å². The average Bonchev–Trinajstić information content (AvgIpc) is 2.82. The molecule has 4 nitrogen and oxygen atoms in total. The molecule has 4 heteroatoms. The smallest absolute Gasteiger partial charge is 0.222 e. The molecule has 36 heavy (non-hydrogen) atoms. The van der Waals surface area contributed by atoms with E-state index in [-0.39, 0.29) is 5.91 Å². The summed E-state index contributed by atoms with van der Waals surface area (Å²) in [6, 6.07) is 1.88. The van der Waals surface area contributed by atoms with Crippen LogP contribution in [0.2, 0.25) is 0 Å². The van der Waals surface area contributed by atoms with Crippen LogP contribution in [0.4, 0.5) is 5.82 Å². The molecule has 0 fully saturated rings. The normalized spacial score (nSPS) is 12.8. The van der Waals surface area contributed by atoms with Gasteiger partial charge in [0.25, 0.3) is 0 Å². The predicted octanol–water partition coefficient (Wildman–Crippen LogP) is 9.14. The first-order valence-electron chi connectivity index (χ1n) is 13.5. The lowest BCUT2D eigenvalue weighted by atomic mass is 9.93. The third kappa shape index (κ3) is 14.6. The number of anilines is 1. The summed E-state index contributed by atoms with van der Waals surface area (Å²) >= 11 is 0. The Balaban J connectivity index is 0. The van der Waals surface area contributed by atoms with Crippen LogP contribution in [-0.4, -0.2) is 22.1 Å². The molecule has 1 rings (SSSR count). The number of nitrogens with zero attached hydrogens (tertiary/aromatic N) is 1. The van der Waals surface area contributed by atoms with Gasteiger partial charge >= 0.3 is 0 Å². The first-order chi connectivity index (χ1) is 17.1. The summed E-state index contributed by atoms with van der Waals surface area (Å²) in [4.78, 5) is 15.7. The Bertz CT molecular complexity index is 905. The van der Waals surface area contributed by atoms with E-state index >= 15 is 0 Å². The summed E-state index contributed by atoms with van der Waals surface area (Å²) in [6.45, 7) is 24.1. The summed E-state index contributed by atoms with van der Waals surface area (Å²) in [5.74, 6) is 0.412. The molecule has 0 aromatic carbocycles. The molecule has 1 aromatic heterocycles. The van der Waals surface area contributed by atoms with Gasteiger partial charge in [0.1, 0.15) is 5.82 Å². The van der Waals surface area contributed by atoms with Gasteiger partial charge in [0, 0.05) is 13.1 Å². The first kappa shape index (κ1) is 35.4. The number of aliphatic hydroxyl groups excluding tert-OH is 1. The Morgan fingerprint density at radius 3 is 2.25 bits per heavy atom. The number of aryl methyl sites for hydroxylation is 1. The van der Waals surface area contributed by atoms with E-state index in [1.54, 1.807) is 6.20 Å². The molecule has 2 N–H and O–H groups in total. The molecule has 1 amide bonds. The zero-order valence-corrected chi connectivity index (χ0v) is 24.7. The molecule has 0 bridgehead atoms. The number of unbranched alkanes of at least 4 members (excludes halogenated alkanes) is 1. The van der Waals surface area contributed by atoms with Gasteiger partial charge in [0.15, 0.2) is 0 Å². The van der Waals surface area contributed by atoms with Gasteiger partial charge in [-0.15, -0.1) is 0 Å². The van der Waals surface area contributed by atoms with Crippen LogP contribution < -0.4 is 5.32 Å². The average molecular weight is 497 g/mol. The summed E-state index contributed by atoms with van der Waals surface area (Å²) in [7, 11) is 0. The van der Waals surface area contributed by atoms with E-state index in [0.717, 1.165) is 52.7 Å². The minimum atomic E-state index is -0.520. The lowest BCUT2D eigenvalue weighted by molar-refractivity contribution is -0.114. The SMILES string of the molecule is C=C(\C=C(C)/C(=C\C)C(/C=C/CCC)=C/c1cnc(NC(C)=O)cc1C)C(O)CCC.CC.CCC. The highest BCUT2D eigenvalue weighted by molar-refractivity contribution is 5.87. The summed E-state index contributed by atoms with van der Waals surface area (Å²) in [5, 5.41) is 13.0. The van der Waals surface area contributed by atoms with E-state index in [1.165, 1.54) is 13.3 Å². The summed E-state index contributed by atoms with van der Waals surface area (Å²) in [6.07, 6.45) is 16.7. The maximum Gasteiger partial charge on any atom is 0.222 e. The van der Waals surface area contributed by atoms with Gasteiger partial charge in [-0.05, 0) is 79.2 Å². The number of hydrogen-bond acceptors (Lipinski definition) is 3. The van der Waals surface area contributed by atoms with Crippen LogP contribution >= 0.6 is 0 Å². The summed E-state index contributed by atoms with van der Waals surface area (Å²) in [5.41, 5.74) is 5.95. The second-order valence-electron chi connectivity index (χ2n) is 8.51. The van der Waals surface area contributed by atoms with E-state index in [0.29, 0.717) is 12.2 Å². The highest BCUT2D eigenvalue weighted by atomic mass is 16.3. The Hall–Kier alpha value is -2.72. The Morgan fingerprint density at radius 1 is 1.17 bits per heavy atom. The molecule has 0 saturated heterocycles. The van der Waals surface area contributed by atoms with Crippen LogP contribution in [0.15, 0.2) is 65.4 Å². The van der Waals surface area contributed by atoms with Crippen LogP contribution in [0.1, 0.15) is 106 Å². The fourth-order valence-corrected chi connectivity index (χ4v) is 3.26. The Kier molecular flexibility index (Phi) is 21.2. The van der Waals surface area contributed by atoms with Gasteiger partial charge in [-0.3, -0.25) is 4.79 Å². The Labute approximate surface area is 222 Å². The van der Waals surface area contributed by atoms with Gasteiger partial charge in [-0.1, -0.05) is 91.7 Å². The maximum absolute atomic E-state index is 11.3. The molecule has 1 heterocycles. The lowest BCUT2D eigenvalue weighted by Gasteiger charge is -2.14. The number of aliphatic hydroxyl groups is 1. The molecular weight excluding hydrogens is 444 g/mol. The molecular formula is C32H52N2O2. The fraction of sp³-hybridized carbons (Fsp3) is 0.500. The minimum Gasteiger partial charge on any atom is -0.388 e. The third-order valence-electron chi connectivity index (χ3n) is 4.94. The van der Waals surface area contributed by atoms with E-state index in [4.69, 9.17) is 0 Å². The van der Waals surface area contributed by atoms with Crippen molar-refractivity contribution >= 4 is 17.8 Å². The topological polar surface area (TPSA) is 62.2 Å². The molecule has 0 aliphatic heterocycles.